The molecule has 6 heteroatoms. The van der Waals surface area contributed by atoms with E-state index in [9.17, 15) is 9.59 Å². The molecule has 1 N–H and O–H groups in total. The van der Waals surface area contributed by atoms with Crippen molar-refractivity contribution in [2.45, 2.75) is 13.0 Å². The van der Waals surface area contributed by atoms with Gasteiger partial charge < -0.3 is 10.1 Å². The molecule has 2 aromatic rings. The van der Waals surface area contributed by atoms with Gasteiger partial charge in [0.25, 0.3) is 0 Å². The first-order valence-electron chi connectivity index (χ1n) is 8.51. The number of carbonyl (C=O) groups is 2. The van der Waals surface area contributed by atoms with E-state index in [-0.39, 0.29) is 24.3 Å². The van der Waals surface area contributed by atoms with Crippen LogP contribution >= 0.6 is 11.6 Å². The number of rotatable bonds is 5. The number of nitrogens with zero attached hydrogens (tertiary/aromatic N) is 1. The molecule has 1 heterocycles. The number of amides is 1. The summed E-state index contributed by atoms with van der Waals surface area (Å²) in [6.07, 6.45) is -0.0742. The van der Waals surface area contributed by atoms with Gasteiger partial charge in [0.05, 0.1) is 19.3 Å². The van der Waals surface area contributed by atoms with Gasteiger partial charge in [0.15, 0.2) is 5.78 Å². The third-order valence-corrected chi connectivity index (χ3v) is 4.56. The van der Waals surface area contributed by atoms with Crippen LogP contribution in [0, 0.1) is 0 Å². The number of benzene rings is 2. The number of hydrogen-bond acceptors (Lipinski definition) is 4. The van der Waals surface area contributed by atoms with Crippen LogP contribution in [0.4, 0.5) is 5.69 Å². The number of nitrogens with one attached hydrogen (secondary N) is 1. The van der Waals surface area contributed by atoms with Crippen molar-refractivity contribution in [3.63, 3.8) is 0 Å². The molecule has 0 radical (unpaired) electrons. The Morgan fingerprint density at radius 3 is 2.73 bits per heavy atom. The van der Waals surface area contributed by atoms with Gasteiger partial charge in [-0.2, -0.15) is 0 Å². The Bertz CT molecular complexity index is 792. The lowest BCUT2D eigenvalue weighted by Gasteiger charge is -2.32. The topological polar surface area (TPSA) is 58.6 Å². The molecule has 1 saturated heterocycles. The number of Topliss-reactive ketones (excluding diaryl/α,β-unsaturated/α-hetero) is 1. The Kier molecular flexibility index (Phi) is 6.04. The third-order valence-electron chi connectivity index (χ3n) is 4.31. The van der Waals surface area contributed by atoms with E-state index < -0.39 is 0 Å². The number of ether oxygens (including phenoxy) is 1. The Morgan fingerprint density at radius 1 is 1.23 bits per heavy atom. The van der Waals surface area contributed by atoms with Crippen molar-refractivity contribution in [2.75, 3.05) is 31.6 Å². The fourth-order valence-electron chi connectivity index (χ4n) is 2.94. The predicted octanol–water partition coefficient (Wildman–Crippen LogP) is 3.55. The second-order valence-electron chi connectivity index (χ2n) is 6.33. The number of halogens is 1. The molecule has 136 valence electrons. The van der Waals surface area contributed by atoms with Crippen molar-refractivity contribution in [2.24, 2.45) is 0 Å². The van der Waals surface area contributed by atoms with E-state index in [2.05, 4.69) is 10.2 Å². The fraction of sp³-hybridized carbons (Fsp3) is 0.300. The number of morpholine rings is 1. The van der Waals surface area contributed by atoms with E-state index in [1.807, 2.05) is 24.3 Å². The summed E-state index contributed by atoms with van der Waals surface area (Å²) in [6.45, 7) is 3.69. The normalized spacial score (nSPS) is 17.7. The monoisotopic (exact) mass is 372 g/mol. The quantitative estimate of drug-likeness (QED) is 0.815. The predicted molar refractivity (Wildman–Crippen MR) is 102 cm³/mol. The summed E-state index contributed by atoms with van der Waals surface area (Å²) in [6, 6.07) is 14.5. The van der Waals surface area contributed by atoms with Gasteiger partial charge in [0, 0.05) is 29.4 Å². The Morgan fingerprint density at radius 2 is 2.00 bits per heavy atom. The largest absolute Gasteiger partial charge is 0.371 e. The number of hydrogen-bond donors (Lipinski definition) is 1. The molecule has 5 nitrogen and oxygen atoms in total. The maximum absolute atomic E-state index is 12.4. The van der Waals surface area contributed by atoms with Gasteiger partial charge in [0.2, 0.25) is 5.91 Å². The summed E-state index contributed by atoms with van der Waals surface area (Å²) in [5.74, 6) is -0.137. The average Bonchev–Trinajstić information content (AvgIpc) is 2.62. The summed E-state index contributed by atoms with van der Waals surface area (Å²) in [7, 11) is 0. The lowest BCUT2D eigenvalue weighted by Crippen LogP contribution is -2.42. The standard InChI is InChI=1S/C20H21ClN2O3/c1-14(24)16-3-2-4-18(11-16)22-20(25)13-23-9-10-26-19(12-23)15-5-7-17(21)8-6-15/h2-8,11,19H,9-10,12-13H2,1H3,(H,22,25). The van der Waals surface area contributed by atoms with E-state index in [0.29, 0.717) is 36.0 Å². The van der Waals surface area contributed by atoms with Gasteiger partial charge in [0.1, 0.15) is 0 Å². The minimum atomic E-state index is -0.109. The van der Waals surface area contributed by atoms with E-state index in [4.69, 9.17) is 16.3 Å². The molecule has 0 aliphatic carbocycles. The molecule has 1 aliphatic rings. The SMILES string of the molecule is CC(=O)c1cccc(NC(=O)CN2CCOC(c3ccc(Cl)cc3)C2)c1. The van der Waals surface area contributed by atoms with Crippen LogP contribution in [-0.4, -0.2) is 42.8 Å². The van der Waals surface area contributed by atoms with Crippen molar-refractivity contribution in [1.29, 1.82) is 0 Å². The highest BCUT2D eigenvalue weighted by Gasteiger charge is 2.23. The minimum absolute atomic E-state index is 0.0277. The molecule has 26 heavy (non-hydrogen) atoms. The zero-order valence-electron chi connectivity index (χ0n) is 14.6. The van der Waals surface area contributed by atoms with Crippen molar-refractivity contribution >= 4 is 29.0 Å². The van der Waals surface area contributed by atoms with E-state index >= 15 is 0 Å². The van der Waals surface area contributed by atoms with E-state index in [1.54, 1.807) is 24.3 Å². The molecule has 3 rings (SSSR count). The molecular formula is C20H21ClN2O3. The zero-order valence-corrected chi connectivity index (χ0v) is 15.3. The molecule has 2 aromatic carbocycles. The Balaban J connectivity index is 1.58. The first-order chi connectivity index (χ1) is 12.5. The fourth-order valence-corrected chi connectivity index (χ4v) is 3.07. The number of carbonyl (C=O) groups excluding carboxylic acids is 2. The van der Waals surface area contributed by atoms with Crippen LogP contribution in [0.2, 0.25) is 5.02 Å². The highest BCUT2D eigenvalue weighted by Crippen LogP contribution is 2.23. The Hall–Kier alpha value is -2.21. The second-order valence-corrected chi connectivity index (χ2v) is 6.77. The van der Waals surface area contributed by atoms with Crippen molar-refractivity contribution in [3.8, 4) is 0 Å². The average molecular weight is 373 g/mol. The minimum Gasteiger partial charge on any atom is -0.371 e. The number of anilines is 1. The summed E-state index contributed by atoms with van der Waals surface area (Å²) < 4.78 is 5.82. The van der Waals surface area contributed by atoms with Crippen LogP contribution in [0.25, 0.3) is 0 Å². The van der Waals surface area contributed by atoms with Crippen LogP contribution in [0.3, 0.4) is 0 Å². The zero-order chi connectivity index (χ0) is 18.5. The summed E-state index contributed by atoms with van der Waals surface area (Å²) in [5.41, 5.74) is 2.26. The van der Waals surface area contributed by atoms with Gasteiger partial charge in [-0.1, -0.05) is 35.9 Å². The van der Waals surface area contributed by atoms with Gasteiger partial charge in [-0.05, 0) is 36.8 Å². The summed E-state index contributed by atoms with van der Waals surface area (Å²) >= 11 is 5.93. The molecule has 1 unspecified atom stereocenters. The molecular weight excluding hydrogens is 352 g/mol. The molecule has 1 amide bonds. The van der Waals surface area contributed by atoms with Gasteiger partial charge in [-0.3, -0.25) is 14.5 Å². The van der Waals surface area contributed by atoms with Crippen molar-refractivity contribution in [1.82, 2.24) is 4.90 Å². The van der Waals surface area contributed by atoms with Crippen molar-refractivity contribution in [3.05, 3.63) is 64.7 Å². The van der Waals surface area contributed by atoms with E-state index in [0.717, 1.165) is 5.56 Å². The lowest BCUT2D eigenvalue weighted by atomic mass is 10.1. The van der Waals surface area contributed by atoms with Gasteiger partial charge in [-0.25, -0.2) is 0 Å². The third kappa shape index (κ3) is 4.91. The molecule has 1 atom stereocenters. The first-order valence-corrected chi connectivity index (χ1v) is 8.89. The maximum atomic E-state index is 12.4. The highest BCUT2D eigenvalue weighted by atomic mass is 35.5. The van der Waals surface area contributed by atoms with Crippen LogP contribution in [0.15, 0.2) is 48.5 Å². The highest BCUT2D eigenvalue weighted by molar-refractivity contribution is 6.30. The van der Waals surface area contributed by atoms with Crippen LogP contribution in [0.5, 0.6) is 0 Å². The van der Waals surface area contributed by atoms with E-state index in [1.165, 1.54) is 6.92 Å². The van der Waals surface area contributed by atoms with Crippen LogP contribution in [0.1, 0.15) is 28.9 Å². The van der Waals surface area contributed by atoms with Crippen molar-refractivity contribution < 1.29 is 14.3 Å². The summed E-state index contributed by atoms with van der Waals surface area (Å²) in [5, 5.41) is 3.54. The van der Waals surface area contributed by atoms with Crippen LogP contribution in [-0.2, 0) is 9.53 Å². The number of ketones is 1. The summed E-state index contributed by atoms with van der Waals surface area (Å²) in [4.78, 5) is 25.9. The molecule has 1 fully saturated rings. The Labute approximate surface area is 157 Å². The molecule has 0 bridgehead atoms. The maximum Gasteiger partial charge on any atom is 0.238 e. The smallest absolute Gasteiger partial charge is 0.238 e. The molecule has 0 aromatic heterocycles. The van der Waals surface area contributed by atoms with Gasteiger partial charge >= 0.3 is 0 Å². The van der Waals surface area contributed by atoms with Crippen LogP contribution < -0.4 is 5.32 Å². The second kappa shape index (κ2) is 8.45. The molecule has 1 aliphatic heterocycles. The molecule has 0 spiro atoms. The molecule has 0 saturated carbocycles. The van der Waals surface area contributed by atoms with Gasteiger partial charge in [-0.15, -0.1) is 0 Å². The lowest BCUT2D eigenvalue weighted by molar-refractivity contribution is -0.119. The first kappa shape index (κ1) is 18.6.